The first-order valence-electron chi connectivity index (χ1n) is 4.06. The summed E-state index contributed by atoms with van der Waals surface area (Å²) < 4.78 is 5.34. The average molecular weight is 188 g/mol. The second kappa shape index (κ2) is 4.14. The lowest BCUT2D eigenvalue weighted by Crippen LogP contribution is -2.42. The van der Waals surface area contributed by atoms with Crippen molar-refractivity contribution in [1.82, 2.24) is 4.90 Å². The second-order valence-corrected chi connectivity index (χ2v) is 3.78. The van der Waals surface area contributed by atoms with E-state index in [4.69, 9.17) is 4.74 Å². The molecule has 0 aliphatic carbocycles. The fourth-order valence-electron chi connectivity index (χ4n) is 1.36. The molecule has 0 N–H and O–H groups in total. The molecular formula is C8H16N2OS. The molecule has 0 saturated carbocycles. The quantitative estimate of drug-likeness (QED) is 0.622. The van der Waals surface area contributed by atoms with Gasteiger partial charge in [-0.3, -0.25) is 4.99 Å². The maximum atomic E-state index is 5.34. The van der Waals surface area contributed by atoms with Crippen molar-refractivity contribution in [1.29, 1.82) is 0 Å². The highest BCUT2D eigenvalue weighted by molar-refractivity contribution is 8.13. The maximum Gasteiger partial charge on any atom is 0.160 e. The van der Waals surface area contributed by atoms with Gasteiger partial charge in [-0.15, -0.1) is 0 Å². The predicted octanol–water partition coefficient (Wildman–Crippen LogP) is 1.40. The standard InChI is InChI=1S/C8H16N2OS/c1-6-5-7(11-3)10(2)8(9-6)12-4/h6-7H,5H2,1-4H3/t6-,7+/m1/s1. The van der Waals surface area contributed by atoms with E-state index in [0.717, 1.165) is 11.6 Å². The number of rotatable bonds is 1. The van der Waals surface area contributed by atoms with Gasteiger partial charge in [0.25, 0.3) is 0 Å². The number of nitrogens with zero attached hydrogens (tertiary/aromatic N) is 2. The lowest BCUT2D eigenvalue weighted by molar-refractivity contribution is 0.00525. The summed E-state index contributed by atoms with van der Waals surface area (Å²) in [6.07, 6.45) is 3.22. The van der Waals surface area contributed by atoms with Gasteiger partial charge in [-0.1, -0.05) is 11.8 Å². The van der Waals surface area contributed by atoms with Crippen molar-refractivity contribution in [3.63, 3.8) is 0 Å². The number of ether oxygens (including phenoxy) is 1. The van der Waals surface area contributed by atoms with Gasteiger partial charge in [0, 0.05) is 20.6 Å². The summed E-state index contributed by atoms with van der Waals surface area (Å²) in [7, 11) is 3.77. The van der Waals surface area contributed by atoms with E-state index in [9.17, 15) is 0 Å². The van der Waals surface area contributed by atoms with Crippen LogP contribution in [-0.2, 0) is 4.74 Å². The van der Waals surface area contributed by atoms with Gasteiger partial charge in [0.15, 0.2) is 5.17 Å². The minimum atomic E-state index is 0.194. The highest BCUT2D eigenvalue weighted by atomic mass is 32.2. The van der Waals surface area contributed by atoms with Crippen LogP contribution in [0.5, 0.6) is 0 Å². The largest absolute Gasteiger partial charge is 0.361 e. The Labute approximate surface area is 78.2 Å². The van der Waals surface area contributed by atoms with Crippen LogP contribution >= 0.6 is 11.8 Å². The molecule has 0 saturated heterocycles. The number of hydrogen-bond donors (Lipinski definition) is 0. The van der Waals surface area contributed by atoms with Crippen molar-refractivity contribution in [2.24, 2.45) is 4.99 Å². The summed E-state index contributed by atoms with van der Waals surface area (Å²) in [6, 6.07) is 0.383. The summed E-state index contributed by atoms with van der Waals surface area (Å²) in [5, 5.41) is 1.07. The smallest absolute Gasteiger partial charge is 0.160 e. The monoisotopic (exact) mass is 188 g/mol. The first kappa shape index (κ1) is 9.86. The van der Waals surface area contributed by atoms with Crippen molar-refractivity contribution >= 4 is 16.9 Å². The molecule has 0 aromatic heterocycles. The average Bonchev–Trinajstić information content (AvgIpc) is 2.08. The second-order valence-electron chi connectivity index (χ2n) is 3.00. The SMILES string of the molecule is CO[C@H]1C[C@@H](C)N=C(SC)N1C. The van der Waals surface area contributed by atoms with E-state index in [1.807, 2.05) is 13.3 Å². The Balaban J connectivity index is 2.72. The Hall–Kier alpha value is -0.220. The maximum absolute atomic E-state index is 5.34. The molecule has 0 bridgehead atoms. The van der Waals surface area contributed by atoms with E-state index in [0.29, 0.717) is 6.04 Å². The van der Waals surface area contributed by atoms with Crippen LogP contribution in [0.3, 0.4) is 0 Å². The molecule has 1 aliphatic rings. The van der Waals surface area contributed by atoms with Gasteiger partial charge in [-0.05, 0) is 13.2 Å². The summed E-state index contributed by atoms with van der Waals surface area (Å²) in [5.74, 6) is 0. The molecule has 0 radical (unpaired) electrons. The Morgan fingerprint density at radius 1 is 1.67 bits per heavy atom. The van der Waals surface area contributed by atoms with Crippen LogP contribution in [0.15, 0.2) is 4.99 Å². The third kappa shape index (κ3) is 1.93. The van der Waals surface area contributed by atoms with E-state index in [1.54, 1.807) is 18.9 Å². The van der Waals surface area contributed by atoms with Crippen molar-refractivity contribution in [2.75, 3.05) is 20.4 Å². The number of aliphatic imine (C=N–C) groups is 1. The molecule has 12 heavy (non-hydrogen) atoms. The lowest BCUT2D eigenvalue weighted by Gasteiger charge is -2.34. The van der Waals surface area contributed by atoms with Crippen LogP contribution in [0.25, 0.3) is 0 Å². The third-order valence-electron chi connectivity index (χ3n) is 2.06. The van der Waals surface area contributed by atoms with Crippen LogP contribution < -0.4 is 0 Å². The Kier molecular flexibility index (Phi) is 3.40. The molecule has 0 aromatic carbocycles. The fourth-order valence-corrected chi connectivity index (χ4v) is 2.05. The van der Waals surface area contributed by atoms with E-state index < -0.39 is 0 Å². The highest BCUT2D eigenvalue weighted by Gasteiger charge is 2.24. The fraction of sp³-hybridized carbons (Fsp3) is 0.875. The van der Waals surface area contributed by atoms with Crippen LogP contribution in [0, 0.1) is 0 Å². The van der Waals surface area contributed by atoms with Crippen LogP contribution in [0.2, 0.25) is 0 Å². The Bertz CT molecular complexity index is 184. The van der Waals surface area contributed by atoms with Gasteiger partial charge in [0.2, 0.25) is 0 Å². The summed E-state index contributed by atoms with van der Waals surface area (Å²) >= 11 is 1.67. The highest BCUT2D eigenvalue weighted by Crippen LogP contribution is 2.20. The summed E-state index contributed by atoms with van der Waals surface area (Å²) in [5.41, 5.74) is 0. The summed E-state index contributed by atoms with van der Waals surface area (Å²) in [4.78, 5) is 6.59. The van der Waals surface area contributed by atoms with Gasteiger partial charge in [-0.2, -0.15) is 0 Å². The molecule has 1 heterocycles. The van der Waals surface area contributed by atoms with Crippen LogP contribution in [0.4, 0.5) is 0 Å². The van der Waals surface area contributed by atoms with E-state index in [2.05, 4.69) is 16.8 Å². The van der Waals surface area contributed by atoms with Crippen LogP contribution in [-0.4, -0.2) is 42.8 Å². The number of thioether (sulfide) groups is 1. The zero-order valence-electron chi connectivity index (χ0n) is 8.07. The first-order chi connectivity index (χ1) is 5.69. The summed E-state index contributed by atoms with van der Waals surface area (Å²) in [6.45, 7) is 2.12. The normalized spacial score (nSPS) is 30.3. The van der Waals surface area contributed by atoms with Crippen LogP contribution in [0.1, 0.15) is 13.3 Å². The molecule has 1 rings (SSSR count). The first-order valence-corrected chi connectivity index (χ1v) is 5.29. The zero-order chi connectivity index (χ0) is 9.14. The lowest BCUT2D eigenvalue weighted by atomic mass is 10.2. The van der Waals surface area contributed by atoms with Crippen molar-refractivity contribution in [3.8, 4) is 0 Å². The molecule has 0 fully saturated rings. The minimum absolute atomic E-state index is 0.194. The molecule has 0 amide bonds. The van der Waals surface area contributed by atoms with Crippen molar-refractivity contribution < 1.29 is 4.74 Å². The number of methoxy groups -OCH3 is 1. The minimum Gasteiger partial charge on any atom is -0.361 e. The molecule has 0 unspecified atom stereocenters. The molecule has 70 valence electrons. The van der Waals surface area contributed by atoms with Gasteiger partial charge in [0.05, 0.1) is 6.04 Å². The molecule has 1 aliphatic heterocycles. The molecule has 0 aromatic rings. The van der Waals surface area contributed by atoms with Gasteiger partial charge >= 0.3 is 0 Å². The molecule has 4 heteroatoms. The van der Waals surface area contributed by atoms with Gasteiger partial charge in [0.1, 0.15) is 6.23 Å². The number of amidine groups is 1. The predicted molar refractivity (Wildman–Crippen MR) is 53.6 cm³/mol. The van der Waals surface area contributed by atoms with E-state index >= 15 is 0 Å². The van der Waals surface area contributed by atoms with Crippen molar-refractivity contribution in [3.05, 3.63) is 0 Å². The Morgan fingerprint density at radius 3 is 2.83 bits per heavy atom. The molecule has 0 spiro atoms. The van der Waals surface area contributed by atoms with E-state index in [1.165, 1.54) is 0 Å². The van der Waals surface area contributed by atoms with Crippen molar-refractivity contribution in [2.45, 2.75) is 25.6 Å². The van der Waals surface area contributed by atoms with E-state index in [-0.39, 0.29) is 6.23 Å². The molecular weight excluding hydrogens is 172 g/mol. The molecule has 2 atom stereocenters. The third-order valence-corrected chi connectivity index (χ3v) is 2.82. The van der Waals surface area contributed by atoms with Gasteiger partial charge in [-0.25, -0.2) is 0 Å². The Morgan fingerprint density at radius 2 is 2.33 bits per heavy atom. The van der Waals surface area contributed by atoms with Gasteiger partial charge < -0.3 is 9.64 Å². The number of hydrogen-bond acceptors (Lipinski definition) is 4. The molecule has 3 nitrogen and oxygen atoms in total. The zero-order valence-corrected chi connectivity index (χ0v) is 8.89. The topological polar surface area (TPSA) is 24.8 Å².